The van der Waals surface area contributed by atoms with Crippen LogP contribution in [-0.4, -0.2) is 23.9 Å². The van der Waals surface area contributed by atoms with E-state index in [-0.39, 0.29) is 23.9 Å². The molecule has 0 fully saturated rings. The predicted molar refractivity (Wildman–Crippen MR) is 72.4 cm³/mol. The van der Waals surface area contributed by atoms with Crippen LogP contribution in [0.5, 0.6) is 0 Å². The van der Waals surface area contributed by atoms with Crippen LogP contribution in [-0.2, 0) is 0 Å². The Morgan fingerprint density at radius 3 is 1.67 bits per heavy atom. The number of hydrogen-bond donors (Lipinski definition) is 0. The van der Waals surface area contributed by atoms with Gasteiger partial charge in [0.1, 0.15) is 0 Å². The summed E-state index contributed by atoms with van der Waals surface area (Å²) >= 11 is 0. The molecule has 0 saturated heterocycles. The molecular formula is C14H28Sn. The van der Waals surface area contributed by atoms with Crippen molar-refractivity contribution in [2.45, 2.75) is 78.6 Å². The maximum Gasteiger partial charge on any atom is 0 e. The molecular weight excluding hydrogens is 287 g/mol. The van der Waals surface area contributed by atoms with Gasteiger partial charge >= 0.3 is 0 Å². The van der Waals surface area contributed by atoms with Gasteiger partial charge in [0.05, 0.1) is 0 Å². The summed E-state index contributed by atoms with van der Waals surface area (Å²) in [6.07, 6.45) is 14.6. The van der Waals surface area contributed by atoms with Crippen molar-refractivity contribution in [3.05, 3.63) is 11.6 Å². The second kappa shape index (κ2) is 14.5. The molecule has 0 aliphatic heterocycles. The van der Waals surface area contributed by atoms with E-state index in [0.29, 0.717) is 0 Å². The van der Waals surface area contributed by atoms with E-state index < -0.39 is 0 Å². The Bertz CT molecular complexity index is 128. The maximum atomic E-state index is 2.51. The van der Waals surface area contributed by atoms with Gasteiger partial charge in [-0.15, -0.1) is 0 Å². The summed E-state index contributed by atoms with van der Waals surface area (Å²) in [6, 6.07) is 0. The van der Waals surface area contributed by atoms with Crippen LogP contribution in [0.1, 0.15) is 78.6 Å². The third-order valence-corrected chi connectivity index (χ3v) is 2.69. The molecule has 0 aliphatic carbocycles. The molecule has 0 aliphatic rings. The van der Waals surface area contributed by atoms with Crippen molar-refractivity contribution in [1.29, 1.82) is 0 Å². The molecule has 15 heavy (non-hydrogen) atoms. The van der Waals surface area contributed by atoms with Crippen LogP contribution < -0.4 is 0 Å². The molecule has 4 radical (unpaired) electrons. The molecule has 0 aromatic rings. The van der Waals surface area contributed by atoms with E-state index in [9.17, 15) is 0 Å². The zero-order chi connectivity index (χ0) is 10.6. The van der Waals surface area contributed by atoms with Gasteiger partial charge in [-0.05, 0) is 32.1 Å². The van der Waals surface area contributed by atoms with Crippen molar-refractivity contribution in [3.8, 4) is 0 Å². The minimum atomic E-state index is 0. The number of unbranched alkanes of at least 4 members (excludes halogenated alkanes) is 4. The van der Waals surface area contributed by atoms with E-state index in [1.165, 1.54) is 57.8 Å². The van der Waals surface area contributed by atoms with Crippen LogP contribution in [0, 0.1) is 0 Å². The van der Waals surface area contributed by atoms with Gasteiger partial charge < -0.3 is 0 Å². The van der Waals surface area contributed by atoms with Crippen LogP contribution in [0.15, 0.2) is 11.6 Å². The van der Waals surface area contributed by atoms with E-state index in [0.717, 1.165) is 0 Å². The summed E-state index contributed by atoms with van der Waals surface area (Å²) in [4.78, 5) is 0. The van der Waals surface area contributed by atoms with Gasteiger partial charge in [-0.3, -0.25) is 0 Å². The molecule has 0 saturated carbocycles. The van der Waals surface area contributed by atoms with Gasteiger partial charge in [0.15, 0.2) is 0 Å². The number of rotatable bonds is 9. The second-order valence-electron chi connectivity index (χ2n) is 4.21. The Balaban J connectivity index is 0. The summed E-state index contributed by atoms with van der Waals surface area (Å²) in [5, 5.41) is 0. The molecule has 88 valence electrons. The molecule has 0 heterocycles. The predicted octanol–water partition coefficient (Wildman–Crippen LogP) is 5.10. The van der Waals surface area contributed by atoms with Crippen LogP contribution in [0.4, 0.5) is 0 Å². The molecule has 0 atom stereocenters. The molecule has 1 heteroatoms. The Kier molecular flexibility index (Phi) is 17.4. The van der Waals surface area contributed by atoms with E-state index in [4.69, 9.17) is 0 Å². The number of hydrogen-bond acceptors (Lipinski definition) is 0. The summed E-state index contributed by atoms with van der Waals surface area (Å²) < 4.78 is 0. The van der Waals surface area contributed by atoms with Crippen molar-refractivity contribution in [2.24, 2.45) is 0 Å². The summed E-state index contributed by atoms with van der Waals surface area (Å²) in [7, 11) is 0. The average molecular weight is 315 g/mol. The largest absolute Gasteiger partial charge is 0.0853 e. The fraction of sp³-hybridized carbons (Fsp3) is 0.857. The Morgan fingerprint density at radius 1 is 0.800 bits per heavy atom. The maximum absolute atomic E-state index is 2.51. The number of allylic oxidation sites excluding steroid dienone is 2. The minimum absolute atomic E-state index is 0. The molecule has 0 N–H and O–H groups in total. The third kappa shape index (κ3) is 12.5. The first-order chi connectivity index (χ1) is 6.85. The molecule has 0 bridgehead atoms. The standard InChI is InChI=1S/C14H28.Sn/c1-4-7-10-13-14(11-8-5-2)12-9-6-3;/h13H,4-12H2,1-3H3;. The van der Waals surface area contributed by atoms with E-state index in [1.807, 2.05) is 0 Å². The first-order valence-corrected chi connectivity index (χ1v) is 6.53. The smallest absolute Gasteiger partial charge is 0 e. The second-order valence-corrected chi connectivity index (χ2v) is 4.21. The Hall–Kier alpha value is 0.539. The molecule has 0 spiro atoms. The summed E-state index contributed by atoms with van der Waals surface area (Å²) in [6.45, 7) is 6.83. The van der Waals surface area contributed by atoms with Crippen molar-refractivity contribution in [2.75, 3.05) is 0 Å². The van der Waals surface area contributed by atoms with Gasteiger partial charge in [0.2, 0.25) is 0 Å². The first kappa shape index (κ1) is 17.9. The monoisotopic (exact) mass is 316 g/mol. The molecule has 0 amide bonds. The zero-order valence-corrected chi connectivity index (χ0v) is 13.8. The van der Waals surface area contributed by atoms with Crippen molar-refractivity contribution < 1.29 is 0 Å². The van der Waals surface area contributed by atoms with Gasteiger partial charge in [0.25, 0.3) is 0 Å². The van der Waals surface area contributed by atoms with Crippen molar-refractivity contribution in [1.82, 2.24) is 0 Å². The topological polar surface area (TPSA) is 0 Å². The van der Waals surface area contributed by atoms with Crippen molar-refractivity contribution in [3.63, 3.8) is 0 Å². The van der Waals surface area contributed by atoms with Gasteiger partial charge in [-0.2, -0.15) is 0 Å². The fourth-order valence-electron chi connectivity index (χ4n) is 1.65. The average Bonchev–Trinajstić information content (AvgIpc) is 2.21. The van der Waals surface area contributed by atoms with Crippen LogP contribution >= 0.6 is 0 Å². The van der Waals surface area contributed by atoms with E-state index in [2.05, 4.69) is 26.8 Å². The van der Waals surface area contributed by atoms with E-state index in [1.54, 1.807) is 5.57 Å². The van der Waals surface area contributed by atoms with Gasteiger partial charge in [0, 0.05) is 23.9 Å². The van der Waals surface area contributed by atoms with E-state index >= 15 is 0 Å². The molecule has 0 unspecified atom stereocenters. The SMILES string of the molecule is CCCCC=C(CCCC)CCCC.[Sn]. The van der Waals surface area contributed by atoms with Crippen LogP contribution in [0.25, 0.3) is 0 Å². The van der Waals surface area contributed by atoms with Crippen molar-refractivity contribution >= 4 is 23.9 Å². The zero-order valence-electron chi connectivity index (χ0n) is 10.9. The van der Waals surface area contributed by atoms with Gasteiger partial charge in [-0.1, -0.05) is 58.1 Å². The first-order valence-electron chi connectivity index (χ1n) is 6.53. The Labute approximate surface area is 114 Å². The van der Waals surface area contributed by atoms with Crippen LogP contribution in [0.3, 0.4) is 0 Å². The fourth-order valence-corrected chi connectivity index (χ4v) is 1.65. The molecule has 0 aromatic heterocycles. The Morgan fingerprint density at radius 2 is 1.27 bits per heavy atom. The van der Waals surface area contributed by atoms with Gasteiger partial charge in [-0.25, -0.2) is 0 Å². The molecule has 0 nitrogen and oxygen atoms in total. The molecule has 0 aromatic carbocycles. The minimum Gasteiger partial charge on any atom is -0.0853 e. The normalized spacial score (nSPS) is 9.53. The quantitative estimate of drug-likeness (QED) is 0.315. The van der Waals surface area contributed by atoms with Crippen LogP contribution in [0.2, 0.25) is 0 Å². The molecule has 0 rings (SSSR count). The summed E-state index contributed by atoms with van der Waals surface area (Å²) in [5.41, 5.74) is 1.72. The summed E-state index contributed by atoms with van der Waals surface area (Å²) in [5.74, 6) is 0. The third-order valence-electron chi connectivity index (χ3n) is 2.69.